The number of hydrogen-bond acceptors (Lipinski definition) is 4. The lowest BCUT2D eigenvalue weighted by Crippen LogP contribution is -2.43. The average Bonchev–Trinajstić information content (AvgIpc) is 2.59. The number of amides is 1. The Bertz CT molecular complexity index is 662. The molecule has 1 fully saturated rings. The fourth-order valence-corrected chi connectivity index (χ4v) is 3.49. The van der Waals surface area contributed by atoms with Crippen LogP contribution in [0, 0.1) is 5.92 Å². The average molecular weight is 360 g/mol. The molecule has 1 amide bonds. The minimum Gasteiger partial charge on any atom is -0.371 e. The molecule has 1 aliphatic heterocycles. The number of rotatable bonds is 6. The monoisotopic (exact) mass is 360 g/mol. The molecule has 24 heavy (non-hydrogen) atoms. The molecule has 1 aromatic carbocycles. The van der Waals surface area contributed by atoms with Crippen LogP contribution in [-0.2, 0) is 14.6 Å². The summed E-state index contributed by atoms with van der Waals surface area (Å²) in [6.45, 7) is 3.92. The molecule has 0 saturated carbocycles. The lowest BCUT2D eigenvalue weighted by atomic mass is 9.96. The van der Waals surface area contributed by atoms with Gasteiger partial charge in [0.05, 0.1) is 10.8 Å². The molecule has 0 radical (unpaired) electrons. The number of anilines is 1. The first kappa shape index (κ1) is 18.6. The SMILES string of the molecule is CCCNC(=O)C1CCCN(c2ccc(S(=O)(=O)C(F)F)cc2)C1. The van der Waals surface area contributed by atoms with E-state index in [2.05, 4.69) is 5.32 Å². The van der Waals surface area contributed by atoms with Crippen LogP contribution in [0.4, 0.5) is 14.5 Å². The molecule has 0 aliphatic carbocycles. The van der Waals surface area contributed by atoms with Crippen molar-refractivity contribution >= 4 is 21.4 Å². The van der Waals surface area contributed by atoms with Gasteiger partial charge in [0, 0.05) is 25.3 Å². The zero-order valence-electron chi connectivity index (χ0n) is 13.5. The maximum absolute atomic E-state index is 12.6. The van der Waals surface area contributed by atoms with Crippen LogP contribution in [0.1, 0.15) is 26.2 Å². The van der Waals surface area contributed by atoms with Crippen LogP contribution < -0.4 is 10.2 Å². The van der Waals surface area contributed by atoms with Crippen LogP contribution in [0.2, 0.25) is 0 Å². The molecule has 1 N–H and O–H groups in total. The summed E-state index contributed by atoms with van der Waals surface area (Å²) in [6.07, 6.45) is 2.54. The predicted octanol–water partition coefficient (Wildman–Crippen LogP) is 2.43. The van der Waals surface area contributed by atoms with Crippen molar-refractivity contribution < 1.29 is 22.0 Å². The van der Waals surface area contributed by atoms with E-state index in [1.165, 1.54) is 24.3 Å². The third-order valence-corrected chi connectivity index (χ3v) is 5.50. The van der Waals surface area contributed by atoms with E-state index in [0.29, 0.717) is 13.1 Å². The first-order chi connectivity index (χ1) is 11.4. The Morgan fingerprint density at radius 2 is 2.00 bits per heavy atom. The Balaban J connectivity index is 2.07. The number of nitrogens with one attached hydrogen (secondary N) is 1. The van der Waals surface area contributed by atoms with E-state index in [9.17, 15) is 22.0 Å². The number of sulfone groups is 1. The van der Waals surface area contributed by atoms with Crippen molar-refractivity contribution in [2.24, 2.45) is 5.92 Å². The lowest BCUT2D eigenvalue weighted by Gasteiger charge is -2.33. The van der Waals surface area contributed by atoms with Crippen molar-refractivity contribution in [2.45, 2.75) is 36.8 Å². The van der Waals surface area contributed by atoms with Crippen LogP contribution >= 0.6 is 0 Å². The molecule has 5 nitrogen and oxygen atoms in total. The normalized spacial score (nSPS) is 18.7. The number of carbonyl (C=O) groups is 1. The summed E-state index contributed by atoms with van der Waals surface area (Å²) in [5.74, 6) is -3.52. The third kappa shape index (κ3) is 4.23. The highest BCUT2D eigenvalue weighted by Gasteiger charge is 2.28. The van der Waals surface area contributed by atoms with Gasteiger partial charge in [0.15, 0.2) is 0 Å². The van der Waals surface area contributed by atoms with Gasteiger partial charge in [0.25, 0.3) is 0 Å². The van der Waals surface area contributed by atoms with Gasteiger partial charge in [-0.2, -0.15) is 8.78 Å². The molecule has 1 saturated heterocycles. The highest BCUT2D eigenvalue weighted by atomic mass is 32.2. The summed E-state index contributed by atoms with van der Waals surface area (Å²) in [7, 11) is -4.57. The minimum absolute atomic E-state index is 0.0263. The van der Waals surface area contributed by atoms with Crippen molar-refractivity contribution in [3.8, 4) is 0 Å². The number of halogens is 2. The molecule has 134 valence electrons. The molecular weight excluding hydrogens is 338 g/mol. The van der Waals surface area contributed by atoms with Crippen molar-refractivity contribution in [3.63, 3.8) is 0 Å². The van der Waals surface area contributed by atoms with Crippen LogP contribution in [0.25, 0.3) is 0 Å². The van der Waals surface area contributed by atoms with E-state index in [-0.39, 0.29) is 11.8 Å². The van der Waals surface area contributed by atoms with Crippen molar-refractivity contribution in [1.82, 2.24) is 5.32 Å². The molecule has 1 aliphatic rings. The van der Waals surface area contributed by atoms with Crippen LogP contribution in [0.15, 0.2) is 29.2 Å². The smallest absolute Gasteiger partial charge is 0.341 e. The molecule has 1 unspecified atom stereocenters. The number of hydrogen-bond donors (Lipinski definition) is 1. The van der Waals surface area contributed by atoms with E-state index in [1.54, 1.807) is 0 Å². The van der Waals surface area contributed by atoms with Gasteiger partial charge in [-0.05, 0) is 43.5 Å². The van der Waals surface area contributed by atoms with Crippen LogP contribution in [-0.4, -0.2) is 39.7 Å². The molecule has 1 aromatic rings. The van der Waals surface area contributed by atoms with Crippen molar-refractivity contribution in [1.29, 1.82) is 0 Å². The fraction of sp³-hybridized carbons (Fsp3) is 0.562. The van der Waals surface area contributed by atoms with Crippen LogP contribution in [0.5, 0.6) is 0 Å². The Morgan fingerprint density at radius 1 is 1.33 bits per heavy atom. The van der Waals surface area contributed by atoms with Gasteiger partial charge in [-0.25, -0.2) is 8.42 Å². The molecule has 2 rings (SSSR count). The minimum atomic E-state index is -4.57. The predicted molar refractivity (Wildman–Crippen MR) is 87.9 cm³/mol. The summed E-state index contributed by atoms with van der Waals surface area (Å²) in [6, 6.07) is 5.42. The Labute approximate surface area is 141 Å². The quantitative estimate of drug-likeness (QED) is 0.846. The maximum Gasteiger partial charge on any atom is 0.341 e. The molecular formula is C16H22F2N2O3S. The Morgan fingerprint density at radius 3 is 2.58 bits per heavy atom. The lowest BCUT2D eigenvalue weighted by molar-refractivity contribution is -0.125. The van der Waals surface area contributed by atoms with Crippen LogP contribution in [0.3, 0.4) is 0 Å². The van der Waals surface area contributed by atoms with Gasteiger partial charge in [0.2, 0.25) is 15.7 Å². The van der Waals surface area contributed by atoms with Gasteiger partial charge < -0.3 is 10.2 Å². The molecule has 0 bridgehead atoms. The number of carbonyl (C=O) groups excluding carboxylic acids is 1. The first-order valence-electron chi connectivity index (χ1n) is 8.01. The van der Waals surface area contributed by atoms with E-state index >= 15 is 0 Å². The molecule has 1 atom stereocenters. The summed E-state index contributed by atoms with van der Waals surface area (Å²) in [5.41, 5.74) is 0.733. The molecule has 0 spiro atoms. The van der Waals surface area contributed by atoms with E-state index in [1.807, 2.05) is 11.8 Å². The number of alkyl halides is 2. The standard InChI is InChI=1S/C16H22F2N2O3S/c1-2-9-19-15(21)12-4-3-10-20(11-12)13-5-7-14(8-6-13)24(22,23)16(17)18/h5-8,12,16H,2-4,9-11H2,1H3,(H,19,21). The fourth-order valence-electron chi connectivity index (χ4n) is 2.77. The number of benzene rings is 1. The molecule has 8 heteroatoms. The summed E-state index contributed by atoms with van der Waals surface area (Å²) in [4.78, 5) is 13.7. The zero-order valence-corrected chi connectivity index (χ0v) is 14.4. The van der Waals surface area contributed by atoms with E-state index in [4.69, 9.17) is 0 Å². The largest absolute Gasteiger partial charge is 0.371 e. The highest BCUT2D eigenvalue weighted by Crippen LogP contribution is 2.26. The van der Waals surface area contributed by atoms with E-state index < -0.39 is 20.5 Å². The van der Waals surface area contributed by atoms with Gasteiger partial charge in [-0.15, -0.1) is 0 Å². The zero-order chi connectivity index (χ0) is 17.7. The second-order valence-corrected chi connectivity index (χ2v) is 7.79. The maximum atomic E-state index is 12.6. The second kappa shape index (κ2) is 7.92. The summed E-state index contributed by atoms with van der Waals surface area (Å²) in [5, 5.41) is 2.89. The highest BCUT2D eigenvalue weighted by molar-refractivity contribution is 7.91. The van der Waals surface area contributed by atoms with Gasteiger partial charge in [-0.1, -0.05) is 6.92 Å². The summed E-state index contributed by atoms with van der Waals surface area (Å²) < 4.78 is 48.0. The molecule has 0 aromatic heterocycles. The van der Waals surface area contributed by atoms with Crippen molar-refractivity contribution in [3.05, 3.63) is 24.3 Å². The van der Waals surface area contributed by atoms with Crippen molar-refractivity contribution in [2.75, 3.05) is 24.5 Å². The molecule has 1 heterocycles. The van der Waals surface area contributed by atoms with Gasteiger partial charge in [0.1, 0.15) is 0 Å². The van der Waals surface area contributed by atoms with Gasteiger partial charge >= 0.3 is 5.76 Å². The summed E-state index contributed by atoms with van der Waals surface area (Å²) >= 11 is 0. The van der Waals surface area contributed by atoms with Gasteiger partial charge in [-0.3, -0.25) is 4.79 Å². The Hall–Kier alpha value is -1.70. The first-order valence-corrected chi connectivity index (χ1v) is 9.55. The topological polar surface area (TPSA) is 66.5 Å². The van der Waals surface area contributed by atoms with E-state index in [0.717, 1.165) is 31.5 Å². The Kier molecular flexibility index (Phi) is 6.15. The number of nitrogens with zero attached hydrogens (tertiary/aromatic N) is 1. The number of piperidine rings is 1. The second-order valence-electron chi connectivity index (χ2n) is 5.88. The third-order valence-electron chi connectivity index (χ3n) is 4.11.